The van der Waals surface area contributed by atoms with Gasteiger partial charge in [-0.2, -0.15) is 4.98 Å². The maximum atomic E-state index is 12.5. The molecule has 0 bridgehead atoms. The highest BCUT2D eigenvalue weighted by atomic mass is 79.9. The summed E-state index contributed by atoms with van der Waals surface area (Å²) in [6.45, 7) is 0. The van der Waals surface area contributed by atoms with Crippen LogP contribution in [0.15, 0.2) is 50.1 Å². The molecule has 1 aliphatic rings. The van der Waals surface area contributed by atoms with Crippen LogP contribution in [0, 0.1) is 0 Å². The Hall–Kier alpha value is -2.12. The number of hydrogen-bond acceptors (Lipinski definition) is 4. The van der Waals surface area contributed by atoms with E-state index in [1.165, 1.54) is 0 Å². The Morgan fingerprint density at radius 3 is 2.64 bits per heavy atom. The van der Waals surface area contributed by atoms with Crippen LogP contribution in [0.2, 0.25) is 0 Å². The summed E-state index contributed by atoms with van der Waals surface area (Å²) in [6, 6.07) is 11.3. The minimum absolute atomic E-state index is 0.201. The molecule has 0 aliphatic carbocycles. The van der Waals surface area contributed by atoms with Gasteiger partial charge < -0.3 is 14.5 Å². The molecule has 25 heavy (non-hydrogen) atoms. The van der Waals surface area contributed by atoms with Crippen molar-refractivity contribution in [2.24, 2.45) is 0 Å². The molecule has 5 nitrogen and oxygen atoms in total. The van der Waals surface area contributed by atoms with E-state index in [0.29, 0.717) is 35.2 Å². The molecule has 3 aromatic rings. The largest absolute Gasteiger partial charge is 0.493 e. The maximum absolute atomic E-state index is 12.5. The van der Waals surface area contributed by atoms with Crippen LogP contribution in [0.25, 0.3) is 11.4 Å². The molecule has 2 aromatic carbocycles. The molecule has 4 rings (SSSR count). The minimum Gasteiger partial charge on any atom is -0.493 e. The van der Waals surface area contributed by atoms with Crippen molar-refractivity contribution in [3.05, 3.63) is 66.8 Å². The number of methoxy groups -OCH3 is 1. The summed E-state index contributed by atoms with van der Waals surface area (Å²) in [4.78, 5) is 19.9. The lowest BCUT2D eigenvalue weighted by atomic mass is 10.0. The average Bonchev–Trinajstić information content (AvgIpc) is 2.60. The number of rotatable bonds is 2. The number of aromatic amines is 1. The van der Waals surface area contributed by atoms with Gasteiger partial charge in [0.1, 0.15) is 5.82 Å². The van der Waals surface area contributed by atoms with Crippen molar-refractivity contribution in [1.82, 2.24) is 9.97 Å². The lowest BCUT2D eigenvalue weighted by Crippen LogP contribution is -2.20. The summed E-state index contributed by atoms with van der Waals surface area (Å²) in [6.07, 6.45) is 0.434. The molecule has 7 heteroatoms. The Balaban J connectivity index is 1.83. The molecule has 2 heterocycles. The van der Waals surface area contributed by atoms with Crippen LogP contribution >= 0.6 is 31.9 Å². The number of nitrogens with one attached hydrogen (secondary N) is 1. The fourth-order valence-corrected chi connectivity index (χ4v) is 3.52. The van der Waals surface area contributed by atoms with Crippen LogP contribution in [0.5, 0.6) is 17.4 Å². The van der Waals surface area contributed by atoms with Crippen molar-refractivity contribution < 1.29 is 9.47 Å². The third-order valence-corrected chi connectivity index (χ3v) is 4.96. The molecule has 0 unspecified atom stereocenters. The quantitative estimate of drug-likeness (QED) is 0.469. The molecule has 0 fully saturated rings. The van der Waals surface area contributed by atoms with Gasteiger partial charge in [-0.1, -0.05) is 44.0 Å². The van der Waals surface area contributed by atoms with Gasteiger partial charge >= 0.3 is 0 Å². The van der Waals surface area contributed by atoms with Crippen molar-refractivity contribution in [2.75, 3.05) is 7.11 Å². The number of hydrogen-bond donors (Lipinski definition) is 1. The molecule has 0 saturated heterocycles. The van der Waals surface area contributed by atoms with E-state index >= 15 is 0 Å². The lowest BCUT2D eigenvalue weighted by molar-refractivity contribution is 0.364. The van der Waals surface area contributed by atoms with Crippen molar-refractivity contribution in [2.45, 2.75) is 6.42 Å². The Kier molecular flexibility index (Phi) is 4.13. The molecule has 0 atom stereocenters. The Morgan fingerprint density at radius 1 is 1.16 bits per heavy atom. The molecule has 0 amide bonds. The summed E-state index contributed by atoms with van der Waals surface area (Å²) >= 11 is 6.85. The van der Waals surface area contributed by atoms with Crippen molar-refractivity contribution in [3.63, 3.8) is 0 Å². The second kappa shape index (κ2) is 6.31. The number of fused-ring (bicyclic) bond motifs is 2. The number of halogens is 2. The van der Waals surface area contributed by atoms with Crippen LogP contribution in [0.4, 0.5) is 0 Å². The van der Waals surface area contributed by atoms with Gasteiger partial charge in [0.2, 0.25) is 5.88 Å². The van der Waals surface area contributed by atoms with Gasteiger partial charge in [0.25, 0.3) is 5.56 Å². The summed E-state index contributed by atoms with van der Waals surface area (Å²) < 4.78 is 13.2. The number of ether oxygens (including phenoxy) is 2. The SMILES string of the molecule is COc1cc(Br)cc2c1Oc1nc(-c3ccc(Br)cc3)[nH]c(=O)c1C2. The van der Waals surface area contributed by atoms with Crippen LogP contribution in [-0.2, 0) is 6.42 Å². The smallest absolute Gasteiger partial charge is 0.258 e. The fourth-order valence-electron chi connectivity index (χ4n) is 2.77. The van der Waals surface area contributed by atoms with Crippen LogP contribution in [-0.4, -0.2) is 17.1 Å². The first-order chi connectivity index (χ1) is 12.0. The molecule has 126 valence electrons. The Labute approximate surface area is 160 Å². The standard InChI is InChI=1S/C18H12Br2N2O3/c1-24-14-8-12(20)6-10-7-13-17(23)21-16(22-18(13)25-15(10)14)9-2-4-11(19)5-3-9/h2-6,8H,7H2,1H3,(H,21,22,23). The number of nitrogens with zero attached hydrogens (tertiary/aromatic N) is 1. The summed E-state index contributed by atoms with van der Waals surface area (Å²) in [5.41, 5.74) is 1.99. The molecule has 1 N–H and O–H groups in total. The van der Waals surface area contributed by atoms with Gasteiger partial charge in [-0.25, -0.2) is 0 Å². The molecule has 0 spiro atoms. The van der Waals surface area contributed by atoms with Gasteiger partial charge in [-0.15, -0.1) is 0 Å². The molecular formula is C18H12Br2N2O3. The van der Waals surface area contributed by atoms with E-state index in [0.717, 1.165) is 20.1 Å². The zero-order valence-electron chi connectivity index (χ0n) is 13.1. The molecular weight excluding hydrogens is 452 g/mol. The van der Waals surface area contributed by atoms with Gasteiger partial charge in [0.05, 0.1) is 12.7 Å². The van der Waals surface area contributed by atoms with E-state index < -0.39 is 0 Å². The first kappa shape index (κ1) is 16.4. The Morgan fingerprint density at radius 2 is 1.92 bits per heavy atom. The second-order valence-electron chi connectivity index (χ2n) is 5.58. The van der Waals surface area contributed by atoms with E-state index in [2.05, 4.69) is 41.8 Å². The first-order valence-corrected chi connectivity index (χ1v) is 9.07. The zero-order valence-corrected chi connectivity index (χ0v) is 16.3. The van der Waals surface area contributed by atoms with Gasteiger partial charge in [-0.05, 0) is 24.3 Å². The predicted octanol–water partition coefficient (Wildman–Crippen LogP) is 4.67. The Bertz CT molecular complexity index is 1030. The minimum atomic E-state index is -0.201. The van der Waals surface area contributed by atoms with E-state index in [4.69, 9.17) is 9.47 Å². The average molecular weight is 464 g/mol. The summed E-state index contributed by atoms with van der Waals surface area (Å²) in [7, 11) is 1.58. The van der Waals surface area contributed by atoms with E-state index in [-0.39, 0.29) is 5.56 Å². The normalized spacial score (nSPS) is 12.1. The van der Waals surface area contributed by atoms with Gasteiger partial charge in [0, 0.05) is 26.5 Å². The summed E-state index contributed by atoms with van der Waals surface area (Å²) in [5.74, 6) is 1.98. The zero-order chi connectivity index (χ0) is 17.6. The monoisotopic (exact) mass is 462 g/mol. The number of benzene rings is 2. The molecule has 1 aromatic heterocycles. The van der Waals surface area contributed by atoms with Crippen molar-refractivity contribution >= 4 is 31.9 Å². The van der Waals surface area contributed by atoms with Crippen LogP contribution in [0.1, 0.15) is 11.1 Å². The number of aromatic nitrogens is 2. The highest BCUT2D eigenvalue weighted by Crippen LogP contribution is 2.42. The topological polar surface area (TPSA) is 64.2 Å². The van der Waals surface area contributed by atoms with Crippen LogP contribution in [0.3, 0.4) is 0 Å². The third-order valence-electron chi connectivity index (χ3n) is 3.98. The number of H-pyrrole nitrogens is 1. The van der Waals surface area contributed by atoms with Crippen molar-refractivity contribution in [3.8, 4) is 28.8 Å². The van der Waals surface area contributed by atoms with E-state index in [9.17, 15) is 4.79 Å². The first-order valence-electron chi connectivity index (χ1n) is 7.48. The maximum Gasteiger partial charge on any atom is 0.258 e. The third kappa shape index (κ3) is 2.98. The van der Waals surface area contributed by atoms with Gasteiger partial charge in [-0.3, -0.25) is 4.79 Å². The molecule has 0 radical (unpaired) electrons. The highest BCUT2D eigenvalue weighted by Gasteiger charge is 2.25. The summed E-state index contributed by atoms with van der Waals surface area (Å²) in [5, 5.41) is 0. The second-order valence-corrected chi connectivity index (χ2v) is 7.41. The van der Waals surface area contributed by atoms with Crippen LogP contribution < -0.4 is 15.0 Å². The predicted molar refractivity (Wildman–Crippen MR) is 102 cm³/mol. The van der Waals surface area contributed by atoms with Crippen molar-refractivity contribution in [1.29, 1.82) is 0 Å². The molecule has 0 saturated carbocycles. The highest BCUT2D eigenvalue weighted by molar-refractivity contribution is 9.10. The van der Waals surface area contributed by atoms with E-state index in [1.54, 1.807) is 7.11 Å². The van der Waals surface area contributed by atoms with Gasteiger partial charge in [0.15, 0.2) is 11.5 Å². The molecule has 1 aliphatic heterocycles. The fraction of sp³-hybridized carbons (Fsp3) is 0.111. The lowest BCUT2D eigenvalue weighted by Gasteiger charge is -2.21. The van der Waals surface area contributed by atoms with E-state index in [1.807, 2.05) is 36.4 Å².